The van der Waals surface area contributed by atoms with E-state index < -0.39 is 0 Å². The van der Waals surface area contributed by atoms with Crippen LogP contribution in [0, 0.1) is 0 Å². The first-order valence-electron chi connectivity index (χ1n) is 6.69. The number of benzene rings is 1. The van der Waals surface area contributed by atoms with Crippen molar-refractivity contribution in [2.45, 2.75) is 25.3 Å². The molecule has 0 aromatic heterocycles. The van der Waals surface area contributed by atoms with Crippen LogP contribution in [-0.2, 0) is 0 Å². The maximum Gasteiger partial charge on any atom is 0.0595 e. The topological polar surface area (TPSA) is 6.48 Å². The zero-order valence-electron chi connectivity index (χ0n) is 10.4. The Hall–Kier alpha value is -0.250. The highest BCUT2D eigenvalue weighted by atomic mass is 79.9. The first-order valence-corrected chi connectivity index (χ1v) is 7.86. The molecule has 2 nitrogen and oxygen atoms in total. The van der Waals surface area contributed by atoms with Gasteiger partial charge in [0.25, 0.3) is 0 Å². The smallest absolute Gasteiger partial charge is 0.0595 e. The molecule has 0 spiro atoms. The summed E-state index contributed by atoms with van der Waals surface area (Å²) in [5.74, 6) is 0. The molecule has 2 aliphatic heterocycles. The van der Waals surface area contributed by atoms with Gasteiger partial charge in [0.2, 0.25) is 0 Å². The van der Waals surface area contributed by atoms with E-state index in [0.29, 0.717) is 0 Å². The highest BCUT2D eigenvalue weighted by molar-refractivity contribution is 9.10. The minimum atomic E-state index is 0.735. The fourth-order valence-corrected chi connectivity index (χ4v) is 3.80. The molecule has 0 radical (unpaired) electrons. The Morgan fingerprint density at radius 1 is 1.17 bits per heavy atom. The van der Waals surface area contributed by atoms with Crippen LogP contribution in [0.15, 0.2) is 22.7 Å². The first kappa shape index (κ1) is 12.8. The predicted octanol–water partition coefficient (Wildman–Crippen LogP) is 3.78. The van der Waals surface area contributed by atoms with Gasteiger partial charge in [-0.25, -0.2) is 0 Å². The Bertz CT molecular complexity index is 438. The second-order valence-electron chi connectivity index (χ2n) is 5.20. The lowest BCUT2D eigenvalue weighted by Gasteiger charge is -2.45. The molecule has 1 unspecified atom stereocenters. The molecule has 2 saturated heterocycles. The molecule has 2 heterocycles. The summed E-state index contributed by atoms with van der Waals surface area (Å²) in [4.78, 5) is 5.13. The fourth-order valence-electron chi connectivity index (χ4n) is 3.11. The van der Waals surface area contributed by atoms with E-state index in [-0.39, 0.29) is 0 Å². The summed E-state index contributed by atoms with van der Waals surface area (Å²) in [6, 6.07) is 6.87. The molecule has 3 rings (SSSR count). The molecule has 4 heteroatoms. The van der Waals surface area contributed by atoms with Crippen LogP contribution in [0.4, 0.5) is 5.69 Å². The quantitative estimate of drug-likeness (QED) is 0.774. The number of fused-ring (bicyclic) bond motifs is 1. The van der Waals surface area contributed by atoms with E-state index in [1.807, 2.05) is 12.1 Å². The lowest BCUT2D eigenvalue weighted by atomic mass is 9.99. The lowest BCUT2D eigenvalue weighted by molar-refractivity contribution is 0.133. The molecule has 18 heavy (non-hydrogen) atoms. The highest BCUT2D eigenvalue weighted by Gasteiger charge is 2.29. The molecule has 1 aromatic rings. The van der Waals surface area contributed by atoms with E-state index in [0.717, 1.165) is 28.6 Å². The van der Waals surface area contributed by atoms with Gasteiger partial charge in [0.1, 0.15) is 0 Å². The average molecular weight is 330 g/mol. The predicted molar refractivity (Wildman–Crippen MR) is 80.6 cm³/mol. The summed E-state index contributed by atoms with van der Waals surface area (Å²) in [7, 11) is 0. The fraction of sp³-hybridized carbons (Fsp3) is 0.571. The third-order valence-corrected chi connectivity index (χ3v) is 5.49. The van der Waals surface area contributed by atoms with Gasteiger partial charge >= 0.3 is 0 Å². The third kappa shape index (κ3) is 2.40. The highest BCUT2D eigenvalue weighted by Crippen LogP contribution is 2.34. The number of hydrogen-bond donors (Lipinski definition) is 0. The molecule has 0 aliphatic carbocycles. The van der Waals surface area contributed by atoms with Crippen LogP contribution >= 0.6 is 27.5 Å². The van der Waals surface area contributed by atoms with E-state index in [1.54, 1.807) is 0 Å². The van der Waals surface area contributed by atoms with Crippen LogP contribution in [0.2, 0.25) is 5.02 Å². The van der Waals surface area contributed by atoms with E-state index in [4.69, 9.17) is 11.6 Å². The molecular formula is C14H18BrClN2. The van der Waals surface area contributed by atoms with Gasteiger partial charge in [-0.1, -0.05) is 24.1 Å². The van der Waals surface area contributed by atoms with Gasteiger partial charge in [0.05, 0.1) is 15.2 Å². The zero-order valence-corrected chi connectivity index (χ0v) is 12.8. The number of piperidine rings is 1. The van der Waals surface area contributed by atoms with Gasteiger partial charge in [-0.05, 0) is 47.4 Å². The third-order valence-electron chi connectivity index (χ3n) is 4.11. The number of halogens is 2. The van der Waals surface area contributed by atoms with E-state index in [2.05, 4.69) is 31.8 Å². The summed E-state index contributed by atoms with van der Waals surface area (Å²) in [6.45, 7) is 4.72. The largest absolute Gasteiger partial charge is 0.368 e. The monoisotopic (exact) mass is 328 g/mol. The number of anilines is 1. The first-order chi connectivity index (χ1) is 8.75. The Morgan fingerprint density at radius 2 is 2.06 bits per heavy atom. The van der Waals surface area contributed by atoms with Crippen molar-refractivity contribution >= 4 is 33.2 Å². The van der Waals surface area contributed by atoms with Crippen molar-refractivity contribution < 1.29 is 0 Å². The maximum absolute atomic E-state index is 6.19. The summed E-state index contributed by atoms with van der Waals surface area (Å²) in [5, 5.41) is 0.804. The van der Waals surface area contributed by atoms with E-state index in [1.165, 1.54) is 38.0 Å². The molecule has 0 amide bonds. The van der Waals surface area contributed by atoms with Gasteiger partial charge in [-0.2, -0.15) is 0 Å². The number of hydrogen-bond acceptors (Lipinski definition) is 2. The minimum Gasteiger partial charge on any atom is -0.368 e. The van der Waals surface area contributed by atoms with Gasteiger partial charge < -0.3 is 4.90 Å². The molecular weight excluding hydrogens is 312 g/mol. The van der Waals surface area contributed by atoms with Crippen molar-refractivity contribution in [2.75, 3.05) is 31.1 Å². The van der Waals surface area contributed by atoms with Gasteiger partial charge in [-0.15, -0.1) is 0 Å². The molecule has 1 atom stereocenters. The minimum absolute atomic E-state index is 0.735. The van der Waals surface area contributed by atoms with Crippen LogP contribution in [-0.4, -0.2) is 37.1 Å². The normalized spacial score (nSPS) is 25.0. The van der Waals surface area contributed by atoms with Crippen LogP contribution in [0.5, 0.6) is 0 Å². The summed E-state index contributed by atoms with van der Waals surface area (Å²) < 4.78 is 1.04. The van der Waals surface area contributed by atoms with Gasteiger partial charge in [0.15, 0.2) is 0 Å². The standard InChI is InChI=1S/C14H18BrClN2/c15-14-12(16)5-3-6-13(14)18-9-8-17-7-2-1-4-11(17)10-18/h3,5-6,11H,1-2,4,7-10H2. The van der Waals surface area contributed by atoms with Crippen LogP contribution in [0.3, 0.4) is 0 Å². The lowest BCUT2D eigenvalue weighted by Crippen LogP contribution is -2.55. The van der Waals surface area contributed by atoms with E-state index >= 15 is 0 Å². The van der Waals surface area contributed by atoms with Crippen LogP contribution in [0.1, 0.15) is 19.3 Å². The SMILES string of the molecule is Clc1cccc(N2CCN3CCCCC3C2)c1Br. The second kappa shape index (κ2) is 5.40. The molecule has 0 bridgehead atoms. The number of nitrogens with zero attached hydrogens (tertiary/aromatic N) is 2. The molecule has 0 saturated carbocycles. The Labute approximate surface area is 122 Å². The van der Waals surface area contributed by atoms with Crippen molar-refractivity contribution in [1.29, 1.82) is 0 Å². The van der Waals surface area contributed by atoms with Crippen molar-refractivity contribution in [2.24, 2.45) is 0 Å². The number of piperazine rings is 1. The van der Waals surface area contributed by atoms with Crippen LogP contribution in [0.25, 0.3) is 0 Å². The Kier molecular flexibility index (Phi) is 3.83. The molecule has 1 aromatic carbocycles. The summed E-state index contributed by atoms with van der Waals surface area (Å²) in [5.41, 5.74) is 1.24. The van der Waals surface area contributed by atoms with Gasteiger partial charge in [0, 0.05) is 25.7 Å². The summed E-state index contributed by atoms with van der Waals surface area (Å²) >= 11 is 9.80. The summed E-state index contributed by atoms with van der Waals surface area (Å²) in [6.07, 6.45) is 4.10. The zero-order chi connectivity index (χ0) is 12.5. The second-order valence-corrected chi connectivity index (χ2v) is 6.40. The van der Waals surface area contributed by atoms with E-state index in [9.17, 15) is 0 Å². The maximum atomic E-state index is 6.19. The average Bonchev–Trinajstić information content (AvgIpc) is 2.41. The molecule has 2 fully saturated rings. The van der Waals surface area contributed by atoms with Crippen molar-refractivity contribution in [3.8, 4) is 0 Å². The van der Waals surface area contributed by atoms with Gasteiger partial charge in [-0.3, -0.25) is 4.90 Å². The van der Waals surface area contributed by atoms with Crippen LogP contribution < -0.4 is 4.90 Å². The molecule has 2 aliphatic rings. The number of rotatable bonds is 1. The molecule has 98 valence electrons. The van der Waals surface area contributed by atoms with Crippen molar-refractivity contribution in [3.63, 3.8) is 0 Å². The Balaban J connectivity index is 1.79. The Morgan fingerprint density at radius 3 is 2.94 bits per heavy atom. The van der Waals surface area contributed by atoms with Crippen molar-refractivity contribution in [3.05, 3.63) is 27.7 Å². The molecule has 0 N–H and O–H groups in total. The van der Waals surface area contributed by atoms with Crippen molar-refractivity contribution in [1.82, 2.24) is 4.90 Å².